The molecule has 1 aromatic carbocycles. The molecule has 1 heterocycles. The van der Waals surface area contributed by atoms with Crippen molar-refractivity contribution in [3.8, 4) is 5.75 Å². The molecule has 1 aliphatic rings. The number of benzene rings is 1. The summed E-state index contributed by atoms with van der Waals surface area (Å²) in [5.74, 6) is 1.50. The van der Waals surface area contributed by atoms with Gasteiger partial charge in [-0.1, -0.05) is 17.3 Å². The highest BCUT2D eigenvalue weighted by Crippen LogP contribution is 2.48. The van der Waals surface area contributed by atoms with Crippen molar-refractivity contribution in [3.63, 3.8) is 0 Å². The first-order valence-corrected chi connectivity index (χ1v) is 7.58. The van der Waals surface area contributed by atoms with E-state index in [1.54, 1.807) is 0 Å². The summed E-state index contributed by atoms with van der Waals surface area (Å²) in [6.45, 7) is 4.92. The third-order valence-electron chi connectivity index (χ3n) is 3.95. The van der Waals surface area contributed by atoms with Crippen LogP contribution in [0.25, 0.3) is 0 Å². The average molecular weight is 300 g/mol. The molecule has 5 heteroatoms. The lowest BCUT2D eigenvalue weighted by atomic mass is 10.0. The second-order valence-electron chi connectivity index (χ2n) is 5.68. The van der Waals surface area contributed by atoms with Gasteiger partial charge in [0.05, 0.1) is 12.3 Å². The first-order valence-electron chi connectivity index (χ1n) is 7.58. The van der Waals surface area contributed by atoms with Crippen LogP contribution in [0.3, 0.4) is 0 Å². The van der Waals surface area contributed by atoms with Crippen molar-refractivity contribution in [3.05, 3.63) is 47.3 Å². The highest BCUT2D eigenvalue weighted by molar-refractivity contribution is 5.90. The third kappa shape index (κ3) is 2.84. The maximum Gasteiger partial charge on any atom is 0.234 e. The van der Waals surface area contributed by atoms with Crippen LogP contribution in [-0.4, -0.2) is 17.7 Å². The van der Waals surface area contributed by atoms with Crippen LogP contribution in [0.4, 0.5) is 0 Å². The minimum atomic E-state index is -0.515. The van der Waals surface area contributed by atoms with Gasteiger partial charge in [0.1, 0.15) is 11.2 Å². The average Bonchev–Trinajstić information content (AvgIpc) is 3.22. The molecule has 2 aromatic rings. The fourth-order valence-electron chi connectivity index (χ4n) is 2.56. The van der Waals surface area contributed by atoms with E-state index in [-0.39, 0.29) is 5.91 Å². The van der Waals surface area contributed by atoms with E-state index in [4.69, 9.17) is 9.26 Å². The van der Waals surface area contributed by atoms with Gasteiger partial charge in [-0.3, -0.25) is 4.79 Å². The largest absolute Gasteiger partial charge is 0.494 e. The van der Waals surface area contributed by atoms with Crippen LogP contribution in [0.5, 0.6) is 5.75 Å². The molecule has 0 spiro atoms. The smallest absolute Gasteiger partial charge is 0.234 e. The second kappa shape index (κ2) is 5.83. The van der Waals surface area contributed by atoms with Crippen LogP contribution in [0.2, 0.25) is 0 Å². The van der Waals surface area contributed by atoms with Crippen molar-refractivity contribution < 1.29 is 14.1 Å². The molecule has 22 heavy (non-hydrogen) atoms. The Hall–Kier alpha value is -2.30. The summed E-state index contributed by atoms with van der Waals surface area (Å²) in [5, 5.41) is 6.88. The minimum Gasteiger partial charge on any atom is -0.494 e. The number of aromatic nitrogens is 1. The van der Waals surface area contributed by atoms with Gasteiger partial charge >= 0.3 is 0 Å². The van der Waals surface area contributed by atoms with Crippen molar-refractivity contribution in [2.75, 3.05) is 6.61 Å². The molecule has 0 radical (unpaired) electrons. The number of carbonyl (C=O) groups excluding carboxylic acids is 1. The standard InChI is InChI=1S/C17H20N2O3/c1-3-21-14-6-4-5-13(10-14)11-18-16(20)17(7-8-17)15-9-12(2)19-22-15/h4-6,9-10H,3,7-8,11H2,1-2H3,(H,18,20). The van der Waals surface area contributed by atoms with Gasteiger partial charge in [-0.25, -0.2) is 0 Å². The molecule has 0 unspecified atom stereocenters. The Morgan fingerprint density at radius 3 is 2.86 bits per heavy atom. The van der Waals surface area contributed by atoms with Gasteiger partial charge in [-0.15, -0.1) is 0 Å². The highest BCUT2D eigenvalue weighted by Gasteiger charge is 2.54. The van der Waals surface area contributed by atoms with Crippen LogP contribution in [0.15, 0.2) is 34.9 Å². The molecular weight excluding hydrogens is 280 g/mol. The number of ether oxygens (including phenoxy) is 1. The summed E-state index contributed by atoms with van der Waals surface area (Å²) in [5.41, 5.74) is 1.31. The zero-order chi connectivity index (χ0) is 15.6. The van der Waals surface area contributed by atoms with Crippen LogP contribution >= 0.6 is 0 Å². The van der Waals surface area contributed by atoms with E-state index in [1.165, 1.54) is 0 Å². The number of hydrogen-bond donors (Lipinski definition) is 1. The molecule has 1 aliphatic carbocycles. The van der Waals surface area contributed by atoms with Crippen molar-refractivity contribution in [2.45, 2.75) is 38.6 Å². The molecule has 0 bridgehead atoms. The van der Waals surface area contributed by atoms with Crippen molar-refractivity contribution in [1.29, 1.82) is 0 Å². The number of rotatable bonds is 6. The number of nitrogens with one attached hydrogen (secondary N) is 1. The third-order valence-corrected chi connectivity index (χ3v) is 3.95. The summed E-state index contributed by atoms with van der Waals surface area (Å²) in [7, 11) is 0. The van der Waals surface area contributed by atoms with E-state index in [9.17, 15) is 4.79 Å². The summed E-state index contributed by atoms with van der Waals surface area (Å²) >= 11 is 0. The van der Waals surface area contributed by atoms with Crippen LogP contribution in [0, 0.1) is 6.92 Å². The van der Waals surface area contributed by atoms with Gasteiger partial charge in [0.2, 0.25) is 5.91 Å². The Bertz CT molecular complexity index is 674. The predicted octanol–water partition coefficient (Wildman–Crippen LogP) is 2.73. The summed E-state index contributed by atoms with van der Waals surface area (Å²) in [6, 6.07) is 9.61. The minimum absolute atomic E-state index is 0.00506. The molecule has 3 rings (SSSR count). The Kier molecular flexibility index (Phi) is 3.88. The van der Waals surface area contributed by atoms with Crippen molar-refractivity contribution in [2.24, 2.45) is 0 Å². The maximum absolute atomic E-state index is 12.5. The molecular formula is C17H20N2O3. The number of hydrogen-bond acceptors (Lipinski definition) is 4. The quantitative estimate of drug-likeness (QED) is 0.891. The van der Waals surface area contributed by atoms with Crippen LogP contribution in [-0.2, 0) is 16.8 Å². The molecule has 0 aliphatic heterocycles. The lowest BCUT2D eigenvalue weighted by Gasteiger charge is -2.12. The number of aryl methyl sites for hydroxylation is 1. The zero-order valence-electron chi connectivity index (χ0n) is 12.9. The molecule has 1 N–H and O–H groups in total. The first-order chi connectivity index (χ1) is 10.6. The van der Waals surface area contributed by atoms with Crippen LogP contribution < -0.4 is 10.1 Å². The number of nitrogens with zero attached hydrogens (tertiary/aromatic N) is 1. The zero-order valence-corrected chi connectivity index (χ0v) is 12.9. The van der Waals surface area contributed by atoms with Crippen LogP contribution in [0.1, 0.15) is 36.8 Å². The van der Waals surface area contributed by atoms with E-state index < -0.39 is 5.41 Å². The van der Waals surface area contributed by atoms with Gasteiger partial charge < -0.3 is 14.6 Å². The van der Waals surface area contributed by atoms with E-state index in [2.05, 4.69) is 10.5 Å². The monoisotopic (exact) mass is 300 g/mol. The molecule has 1 saturated carbocycles. The topological polar surface area (TPSA) is 64.4 Å². The van der Waals surface area contributed by atoms with Gasteiger partial charge in [-0.05, 0) is 44.4 Å². The number of amides is 1. The lowest BCUT2D eigenvalue weighted by Crippen LogP contribution is -2.34. The van der Waals surface area contributed by atoms with Gasteiger partial charge in [0.25, 0.3) is 0 Å². The van der Waals surface area contributed by atoms with E-state index in [1.807, 2.05) is 44.2 Å². The fourth-order valence-corrected chi connectivity index (χ4v) is 2.56. The molecule has 1 amide bonds. The molecule has 116 valence electrons. The molecule has 0 atom stereocenters. The summed E-state index contributed by atoms with van der Waals surface area (Å²) < 4.78 is 10.8. The number of carbonyl (C=O) groups is 1. The summed E-state index contributed by atoms with van der Waals surface area (Å²) in [4.78, 5) is 12.5. The van der Waals surface area contributed by atoms with Crippen molar-refractivity contribution >= 4 is 5.91 Å². The first kappa shape index (κ1) is 14.6. The Balaban J connectivity index is 1.64. The lowest BCUT2D eigenvalue weighted by molar-refractivity contribution is -0.124. The molecule has 0 saturated heterocycles. The van der Waals surface area contributed by atoms with Crippen molar-refractivity contribution in [1.82, 2.24) is 10.5 Å². The molecule has 5 nitrogen and oxygen atoms in total. The van der Waals surface area contributed by atoms with E-state index in [0.717, 1.165) is 29.8 Å². The Labute approximate surface area is 129 Å². The second-order valence-corrected chi connectivity index (χ2v) is 5.68. The normalized spacial score (nSPS) is 15.4. The Morgan fingerprint density at radius 2 is 2.23 bits per heavy atom. The fraction of sp³-hybridized carbons (Fsp3) is 0.412. The van der Waals surface area contributed by atoms with Gasteiger partial charge in [0, 0.05) is 12.6 Å². The van der Waals surface area contributed by atoms with Gasteiger partial charge in [-0.2, -0.15) is 0 Å². The SMILES string of the molecule is CCOc1cccc(CNC(=O)C2(c3cc(C)no3)CC2)c1. The van der Waals surface area contributed by atoms with E-state index in [0.29, 0.717) is 18.9 Å². The highest BCUT2D eigenvalue weighted by atomic mass is 16.5. The Morgan fingerprint density at radius 1 is 1.41 bits per heavy atom. The summed E-state index contributed by atoms with van der Waals surface area (Å²) in [6.07, 6.45) is 1.62. The maximum atomic E-state index is 12.5. The van der Waals surface area contributed by atoms with Gasteiger partial charge in [0.15, 0.2) is 5.76 Å². The van der Waals surface area contributed by atoms with E-state index >= 15 is 0 Å². The molecule has 1 aromatic heterocycles. The molecule has 1 fully saturated rings. The predicted molar refractivity (Wildman–Crippen MR) is 81.6 cm³/mol.